The first-order valence-electron chi connectivity index (χ1n) is 6.82. The Kier molecular flexibility index (Phi) is 4.64. The highest BCUT2D eigenvalue weighted by Gasteiger charge is 2.23. The van der Waals surface area contributed by atoms with Gasteiger partial charge >= 0.3 is 0 Å². The van der Waals surface area contributed by atoms with E-state index in [9.17, 15) is 4.79 Å². The molecule has 4 nitrogen and oxygen atoms in total. The highest BCUT2D eigenvalue weighted by Crippen LogP contribution is 2.24. The molecule has 1 aliphatic rings. The summed E-state index contributed by atoms with van der Waals surface area (Å²) >= 11 is 5.90. The van der Waals surface area contributed by atoms with E-state index in [-0.39, 0.29) is 11.7 Å². The number of nitrogen functional groups attached to an aromatic ring is 1. The lowest BCUT2D eigenvalue weighted by Gasteiger charge is -2.32. The number of aromatic nitrogens is 1. The van der Waals surface area contributed by atoms with E-state index in [1.54, 1.807) is 6.07 Å². The first-order valence-corrected chi connectivity index (χ1v) is 7.20. The summed E-state index contributed by atoms with van der Waals surface area (Å²) in [6, 6.07) is 1.60. The number of likely N-dealkylation sites (tertiary alicyclic amines) is 1. The second-order valence-electron chi connectivity index (χ2n) is 5.12. The van der Waals surface area contributed by atoms with Gasteiger partial charge in [0.05, 0.1) is 10.6 Å². The van der Waals surface area contributed by atoms with E-state index in [4.69, 9.17) is 17.3 Å². The van der Waals surface area contributed by atoms with Crippen LogP contribution in [0.2, 0.25) is 5.02 Å². The average molecular weight is 282 g/mol. The van der Waals surface area contributed by atoms with Crippen LogP contribution in [0.3, 0.4) is 0 Å². The van der Waals surface area contributed by atoms with Gasteiger partial charge in [0.2, 0.25) is 0 Å². The van der Waals surface area contributed by atoms with Crippen molar-refractivity contribution in [2.24, 2.45) is 5.92 Å². The third-order valence-electron chi connectivity index (χ3n) is 3.72. The first kappa shape index (κ1) is 14.1. The van der Waals surface area contributed by atoms with Gasteiger partial charge in [-0.2, -0.15) is 0 Å². The summed E-state index contributed by atoms with van der Waals surface area (Å²) in [5.41, 5.74) is 6.07. The number of hydrogen-bond acceptors (Lipinski definition) is 3. The minimum Gasteiger partial charge on any atom is -0.382 e. The molecule has 1 aromatic rings. The monoisotopic (exact) mass is 281 g/mol. The standard InChI is InChI=1S/C14H20ClN3O/c1-2-3-10-4-6-18(7-5-10)14(19)11-8-12(15)13(16)17-9-11/h8-10H,2-7H2,1H3,(H2,16,17). The lowest BCUT2D eigenvalue weighted by molar-refractivity contribution is 0.0686. The van der Waals surface area contributed by atoms with Crippen molar-refractivity contribution in [2.45, 2.75) is 32.6 Å². The molecule has 104 valence electrons. The van der Waals surface area contributed by atoms with Gasteiger partial charge in [0, 0.05) is 19.3 Å². The Bertz CT molecular complexity index is 456. The molecule has 0 spiro atoms. The number of hydrogen-bond donors (Lipinski definition) is 1. The van der Waals surface area contributed by atoms with Crippen LogP contribution < -0.4 is 5.73 Å². The van der Waals surface area contributed by atoms with Crippen molar-refractivity contribution < 1.29 is 4.79 Å². The summed E-state index contributed by atoms with van der Waals surface area (Å²) in [7, 11) is 0. The maximum atomic E-state index is 12.3. The second kappa shape index (κ2) is 6.24. The van der Waals surface area contributed by atoms with Gasteiger partial charge in [-0.05, 0) is 24.8 Å². The fraction of sp³-hybridized carbons (Fsp3) is 0.571. The maximum Gasteiger partial charge on any atom is 0.255 e. The van der Waals surface area contributed by atoms with Crippen LogP contribution in [0.15, 0.2) is 12.3 Å². The molecule has 0 saturated carbocycles. The van der Waals surface area contributed by atoms with Crippen LogP contribution in [0, 0.1) is 5.92 Å². The molecular formula is C14H20ClN3O. The van der Waals surface area contributed by atoms with Crippen molar-refractivity contribution >= 4 is 23.3 Å². The summed E-state index contributed by atoms with van der Waals surface area (Å²) in [6.45, 7) is 3.86. The number of nitrogens with two attached hydrogens (primary N) is 1. The van der Waals surface area contributed by atoms with Gasteiger partial charge in [-0.25, -0.2) is 4.98 Å². The molecule has 0 bridgehead atoms. The van der Waals surface area contributed by atoms with E-state index in [0.29, 0.717) is 10.6 Å². The summed E-state index contributed by atoms with van der Waals surface area (Å²) < 4.78 is 0. The van der Waals surface area contributed by atoms with Gasteiger partial charge in [0.1, 0.15) is 5.82 Å². The van der Waals surface area contributed by atoms with E-state index in [1.165, 1.54) is 19.0 Å². The van der Waals surface area contributed by atoms with Gasteiger partial charge < -0.3 is 10.6 Å². The summed E-state index contributed by atoms with van der Waals surface area (Å²) in [6.07, 6.45) is 6.17. The number of pyridine rings is 1. The fourth-order valence-corrected chi connectivity index (χ4v) is 2.75. The van der Waals surface area contributed by atoms with Gasteiger partial charge in [0.15, 0.2) is 0 Å². The third kappa shape index (κ3) is 3.38. The number of carbonyl (C=O) groups is 1. The Hall–Kier alpha value is -1.29. The Morgan fingerprint density at radius 1 is 1.53 bits per heavy atom. The molecule has 0 radical (unpaired) electrons. The van der Waals surface area contributed by atoms with Gasteiger partial charge in [-0.3, -0.25) is 4.79 Å². The minimum absolute atomic E-state index is 0.00403. The molecule has 0 unspecified atom stereocenters. The molecule has 0 aromatic carbocycles. The van der Waals surface area contributed by atoms with E-state index in [0.717, 1.165) is 31.8 Å². The van der Waals surface area contributed by atoms with Crippen LogP contribution in [0.1, 0.15) is 43.0 Å². The predicted octanol–water partition coefficient (Wildman–Crippen LogP) is 2.97. The lowest BCUT2D eigenvalue weighted by Crippen LogP contribution is -2.38. The zero-order valence-corrected chi connectivity index (χ0v) is 12.0. The molecule has 1 saturated heterocycles. The molecule has 2 N–H and O–H groups in total. The largest absolute Gasteiger partial charge is 0.382 e. The molecule has 2 rings (SSSR count). The van der Waals surface area contributed by atoms with Crippen molar-refractivity contribution in [1.29, 1.82) is 0 Å². The van der Waals surface area contributed by atoms with E-state index >= 15 is 0 Å². The van der Waals surface area contributed by atoms with Gasteiger partial charge in [0.25, 0.3) is 5.91 Å². The first-order chi connectivity index (χ1) is 9.11. The predicted molar refractivity (Wildman–Crippen MR) is 77.2 cm³/mol. The number of carbonyl (C=O) groups excluding carboxylic acids is 1. The molecule has 0 atom stereocenters. The molecule has 0 aliphatic carbocycles. The summed E-state index contributed by atoms with van der Waals surface area (Å²) in [5.74, 6) is 1.03. The fourth-order valence-electron chi connectivity index (χ4n) is 2.58. The topological polar surface area (TPSA) is 59.2 Å². The average Bonchev–Trinajstić information content (AvgIpc) is 2.42. The highest BCUT2D eigenvalue weighted by molar-refractivity contribution is 6.33. The van der Waals surface area contributed by atoms with Crippen molar-refractivity contribution in [3.05, 3.63) is 22.8 Å². The zero-order valence-electron chi connectivity index (χ0n) is 11.2. The number of anilines is 1. The number of nitrogens with zero attached hydrogens (tertiary/aromatic N) is 2. The number of piperidine rings is 1. The molecule has 2 heterocycles. The molecular weight excluding hydrogens is 262 g/mol. The Morgan fingerprint density at radius 3 is 2.79 bits per heavy atom. The highest BCUT2D eigenvalue weighted by atomic mass is 35.5. The molecule has 1 aliphatic heterocycles. The third-order valence-corrected chi connectivity index (χ3v) is 4.02. The van der Waals surface area contributed by atoms with Crippen LogP contribution in [-0.4, -0.2) is 28.9 Å². The van der Waals surface area contributed by atoms with Crippen LogP contribution in [-0.2, 0) is 0 Å². The SMILES string of the molecule is CCCC1CCN(C(=O)c2cnc(N)c(Cl)c2)CC1. The maximum absolute atomic E-state index is 12.3. The Balaban J connectivity index is 1.99. The van der Waals surface area contributed by atoms with E-state index in [2.05, 4.69) is 11.9 Å². The van der Waals surface area contributed by atoms with Crippen molar-refractivity contribution in [1.82, 2.24) is 9.88 Å². The smallest absolute Gasteiger partial charge is 0.255 e. The number of halogens is 1. The summed E-state index contributed by atoms with van der Waals surface area (Å²) in [4.78, 5) is 18.1. The van der Waals surface area contributed by atoms with Gasteiger partial charge in [-0.1, -0.05) is 31.4 Å². The summed E-state index contributed by atoms with van der Waals surface area (Å²) in [5, 5.41) is 0.340. The Morgan fingerprint density at radius 2 is 2.21 bits per heavy atom. The van der Waals surface area contributed by atoms with Crippen molar-refractivity contribution in [3.63, 3.8) is 0 Å². The van der Waals surface area contributed by atoms with E-state index < -0.39 is 0 Å². The quantitative estimate of drug-likeness (QED) is 0.927. The van der Waals surface area contributed by atoms with Crippen LogP contribution >= 0.6 is 11.6 Å². The minimum atomic E-state index is 0.00403. The second-order valence-corrected chi connectivity index (χ2v) is 5.52. The van der Waals surface area contributed by atoms with Crippen LogP contribution in [0.5, 0.6) is 0 Å². The Labute approximate surface area is 118 Å². The number of amides is 1. The molecule has 19 heavy (non-hydrogen) atoms. The number of rotatable bonds is 3. The molecule has 1 aromatic heterocycles. The van der Waals surface area contributed by atoms with Crippen LogP contribution in [0.4, 0.5) is 5.82 Å². The van der Waals surface area contributed by atoms with Crippen molar-refractivity contribution in [3.8, 4) is 0 Å². The molecule has 5 heteroatoms. The van der Waals surface area contributed by atoms with Gasteiger partial charge in [-0.15, -0.1) is 0 Å². The van der Waals surface area contributed by atoms with Crippen molar-refractivity contribution in [2.75, 3.05) is 18.8 Å². The molecule has 1 amide bonds. The molecule has 1 fully saturated rings. The lowest BCUT2D eigenvalue weighted by atomic mass is 9.92. The van der Waals surface area contributed by atoms with Crippen LogP contribution in [0.25, 0.3) is 0 Å². The normalized spacial score (nSPS) is 16.6. The van der Waals surface area contributed by atoms with E-state index in [1.807, 2.05) is 4.90 Å². The zero-order chi connectivity index (χ0) is 13.8.